The maximum absolute atomic E-state index is 10.8. The Morgan fingerprint density at radius 1 is 1.39 bits per heavy atom. The van der Waals surface area contributed by atoms with Gasteiger partial charge in [-0.3, -0.25) is 4.79 Å². The Hall–Kier alpha value is -1.51. The third kappa shape index (κ3) is 4.40. The van der Waals surface area contributed by atoms with E-state index in [0.717, 1.165) is 16.9 Å². The Kier molecular flexibility index (Phi) is 4.38. The lowest BCUT2D eigenvalue weighted by atomic mass is 9.99. The average Bonchev–Trinajstić information content (AvgIpc) is 2.20. The number of aryl methyl sites for hydroxylation is 1. The Labute approximate surface area is 109 Å². The highest BCUT2D eigenvalue weighted by Gasteiger charge is 2.15. The molecular weight excluding hydrogens is 228 g/mol. The highest BCUT2D eigenvalue weighted by atomic mass is 16.5. The summed E-state index contributed by atoms with van der Waals surface area (Å²) in [6, 6.07) is 5.86. The quantitative estimate of drug-likeness (QED) is 0.890. The summed E-state index contributed by atoms with van der Waals surface area (Å²) in [6.07, 6.45) is 0.548. The topological polar surface area (TPSA) is 46.5 Å². The van der Waals surface area contributed by atoms with Crippen molar-refractivity contribution >= 4 is 5.97 Å². The van der Waals surface area contributed by atoms with Crippen LogP contribution in [0.1, 0.15) is 38.8 Å². The molecule has 3 nitrogen and oxygen atoms in total. The second kappa shape index (κ2) is 5.42. The summed E-state index contributed by atoms with van der Waals surface area (Å²) in [5.41, 5.74) is 1.85. The molecule has 0 saturated heterocycles. The molecule has 0 heterocycles. The molecule has 0 saturated carbocycles. The second-order valence-electron chi connectivity index (χ2n) is 5.76. The lowest BCUT2D eigenvalue weighted by Crippen LogP contribution is -2.23. The number of hydrogen-bond donors (Lipinski definition) is 1. The highest BCUT2D eigenvalue weighted by molar-refractivity contribution is 5.69. The molecule has 0 aromatic heterocycles. The first kappa shape index (κ1) is 14.6. The van der Waals surface area contributed by atoms with Gasteiger partial charge in [0.15, 0.2) is 0 Å². The third-order valence-corrected chi connectivity index (χ3v) is 2.62. The maximum atomic E-state index is 10.8. The summed E-state index contributed by atoms with van der Waals surface area (Å²) in [6.45, 7) is 9.72. The van der Waals surface area contributed by atoms with Crippen LogP contribution in [-0.2, 0) is 11.2 Å². The molecule has 1 atom stereocenters. The van der Waals surface area contributed by atoms with Gasteiger partial charge in [0.1, 0.15) is 11.4 Å². The van der Waals surface area contributed by atoms with Gasteiger partial charge >= 0.3 is 5.97 Å². The summed E-state index contributed by atoms with van der Waals surface area (Å²) in [7, 11) is 0. The van der Waals surface area contributed by atoms with E-state index in [2.05, 4.69) is 0 Å². The number of carboxylic acid groups (broad SMARTS) is 1. The van der Waals surface area contributed by atoms with Gasteiger partial charge in [-0.25, -0.2) is 0 Å². The minimum atomic E-state index is -0.761. The van der Waals surface area contributed by atoms with Crippen molar-refractivity contribution in [2.75, 3.05) is 0 Å². The minimum absolute atomic E-state index is 0.222. The molecule has 1 aromatic carbocycles. The Balaban J connectivity index is 2.83. The summed E-state index contributed by atoms with van der Waals surface area (Å²) < 4.78 is 5.82. The fourth-order valence-corrected chi connectivity index (χ4v) is 1.72. The van der Waals surface area contributed by atoms with Crippen LogP contribution in [0.25, 0.3) is 0 Å². The van der Waals surface area contributed by atoms with E-state index in [0.29, 0.717) is 6.42 Å². The molecule has 1 rings (SSSR count). The van der Waals surface area contributed by atoms with Crippen LogP contribution in [0.3, 0.4) is 0 Å². The number of carboxylic acids is 1. The van der Waals surface area contributed by atoms with Gasteiger partial charge in [0.05, 0.1) is 5.92 Å². The molecule has 0 spiro atoms. The van der Waals surface area contributed by atoms with Crippen LogP contribution >= 0.6 is 0 Å². The molecule has 0 bridgehead atoms. The van der Waals surface area contributed by atoms with E-state index in [1.165, 1.54) is 0 Å². The van der Waals surface area contributed by atoms with Crippen molar-refractivity contribution in [2.24, 2.45) is 5.92 Å². The van der Waals surface area contributed by atoms with Crippen molar-refractivity contribution in [2.45, 2.75) is 46.6 Å². The number of rotatable bonds is 4. The monoisotopic (exact) mass is 250 g/mol. The molecule has 1 aromatic rings. The number of hydrogen-bond acceptors (Lipinski definition) is 2. The minimum Gasteiger partial charge on any atom is -0.488 e. The third-order valence-electron chi connectivity index (χ3n) is 2.62. The molecule has 0 amide bonds. The number of aliphatic carboxylic acids is 1. The lowest BCUT2D eigenvalue weighted by molar-refractivity contribution is -0.141. The zero-order valence-corrected chi connectivity index (χ0v) is 11.8. The SMILES string of the molecule is Cc1cc(C[C@H](C)C(=O)O)ccc1OC(C)(C)C. The number of ether oxygens (including phenoxy) is 1. The van der Waals surface area contributed by atoms with Crippen LogP contribution in [0.4, 0.5) is 0 Å². The fourth-order valence-electron chi connectivity index (χ4n) is 1.72. The van der Waals surface area contributed by atoms with Gasteiger partial charge in [-0.1, -0.05) is 19.1 Å². The first-order chi connectivity index (χ1) is 8.19. The molecule has 0 fully saturated rings. The molecule has 18 heavy (non-hydrogen) atoms. The van der Waals surface area contributed by atoms with Gasteiger partial charge in [0.25, 0.3) is 0 Å². The zero-order chi connectivity index (χ0) is 13.9. The largest absolute Gasteiger partial charge is 0.488 e. The van der Waals surface area contributed by atoms with Crippen LogP contribution in [-0.4, -0.2) is 16.7 Å². The van der Waals surface area contributed by atoms with Gasteiger partial charge in [-0.15, -0.1) is 0 Å². The van der Waals surface area contributed by atoms with Crippen molar-refractivity contribution in [3.05, 3.63) is 29.3 Å². The van der Waals surface area contributed by atoms with Crippen LogP contribution in [0, 0.1) is 12.8 Å². The molecule has 100 valence electrons. The van der Waals surface area contributed by atoms with E-state index >= 15 is 0 Å². The van der Waals surface area contributed by atoms with E-state index < -0.39 is 5.97 Å². The summed E-state index contributed by atoms with van der Waals surface area (Å²) in [5, 5.41) is 8.90. The van der Waals surface area contributed by atoms with Crippen molar-refractivity contribution < 1.29 is 14.6 Å². The molecule has 0 unspecified atom stereocenters. The Morgan fingerprint density at radius 3 is 2.44 bits per heavy atom. The van der Waals surface area contributed by atoms with Crippen LogP contribution in [0.15, 0.2) is 18.2 Å². The number of carbonyl (C=O) groups is 1. The summed E-state index contributed by atoms with van der Waals surface area (Å²) in [5.74, 6) is -0.268. The Bertz CT molecular complexity index is 430. The molecule has 0 aliphatic rings. The van der Waals surface area contributed by atoms with Crippen molar-refractivity contribution in [1.29, 1.82) is 0 Å². The molecule has 3 heteroatoms. The van der Waals surface area contributed by atoms with Crippen LogP contribution < -0.4 is 4.74 Å². The first-order valence-electron chi connectivity index (χ1n) is 6.20. The highest BCUT2D eigenvalue weighted by Crippen LogP contribution is 2.24. The Morgan fingerprint density at radius 2 is 2.00 bits per heavy atom. The predicted octanol–water partition coefficient (Wildman–Crippen LogP) is 3.44. The summed E-state index contributed by atoms with van der Waals surface area (Å²) in [4.78, 5) is 10.8. The van der Waals surface area contributed by atoms with Crippen molar-refractivity contribution in [3.63, 3.8) is 0 Å². The van der Waals surface area contributed by atoms with Gasteiger partial charge in [0, 0.05) is 0 Å². The van der Waals surface area contributed by atoms with Crippen LogP contribution in [0.5, 0.6) is 5.75 Å². The fraction of sp³-hybridized carbons (Fsp3) is 0.533. The molecule has 0 aliphatic carbocycles. The van der Waals surface area contributed by atoms with Gasteiger partial charge < -0.3 is 9.84 Å². The maximum Gasteiger partial charge on any atom is 0.306 e. The van der Waals surface area contributed by atoms with E-state index in [9.17, 15) is 4.79 Å². The van der Waals surface area contributed by atoms with Crippen molar-refractivity contribution in [1.82, 2.24) is 0 Å². The van der Waals surface area contributed by atoms with Gasteiger partial charge in [-0.05, 0) is 51.3 Å². The van der Waals surface area contributed by atoms with E-state index in [4.69, 9.17) is 9.84 Å². The second-order valence-corrected chi connectivity index (χ2v) is 5.76. The summed E-state index contributed by atoms with van der Waals surface area (Å²) >= 11 is 0. The molecule has 0 aliphatic heterocycles. The van der Waals surface area contributed by atoms with Gasteiger partial charge in [-0.2, -0.15) is 0 Å². The molecule has 0 radical (unpaired) electrons. The molecule has 1 N–H and O–H groups in total. The van der Waals surface area contributed by atoms with E-state index in [1.807, 2.05) is 45.9 Å². The predicted molar refractivity (Wildman–Crippen MR) is 72.1 cm³/mol. The molecular formula is C15H22O3. The van der Waals surface area contributed by atoms with Crippen LogP contribution in [0.2, 0.25) is 0 Å². The smallest absolute Gasteiger partial charge is 0.306 e. The van der Waals surface area contributed by atoms with E-state index in [-0.39, 0.29) is 11.5 Å². The van der Waals surface area contributed by atoms with Gasteiger partial charge in [0.2, 0.25) is 0 Å². The first-order valence-corrected chi connectivity index (χ1v) is 6.20. The number of benzene rings is 1. The standard InChI is InChI=1S/C15H22O3/c1-10-8-12(9-11(2)14(16)17)6-7-13(10)18-15(3,4)5/h6-8,11H,9H2,1-5H3,(H,16,17)/t11-/m0/s1. The lowest BCUT2D eigenvalue weighted by Gasteiger charge is -2.23. The normalized spacial score (nSPS) is 13.2. The average molecular weight is 250 g/mol. The zero-order valence-electron chi connectivity index (χ0n) is 11.8. The van der Waals surface area contributed by atoms with Crippen molar-refractivity contribution in [3.8, 4) is 5.75 Å². The van der Waals surface area contributed by atoms with E-state index in [1.54, 1.807) is 6.92 Å².